The Labute approximate surface area is 185 Å². The number of aryl methyl sites for hydroxylation is 1. The molecule has 0 N–H and O–H groups in total. The van der Waals surface area contributed by atoms with Gasteiger partial charge in [-0.3, -0.25) is 4.21 Å². The monoisotopic (exact) mass is 435 g/mol. The molecule has 1 aliphatic rings. The third-order valence-electron chi connectivity index (χ3n) is 6.45. The quantitative estimate of drug-likeness (QED) is 0.449. The largest absolute Gasteiger partial charge is 0.253 e. The van der Waals surface area contributed by atoms with Crippen LogP contribution in [0.4, 0.5) is 0 Å². The van der Waals surface area contributed by atoms with Crippen LogP contribution in [0.2, 0.25) is 0 Å². The summed E-state index contributed by atoms with van der Waals surface area (Å²) in [6.45, 7) is 2.03. The summed E-state index contributed by atoms with van der Waals surface area (Å²) in [4.78, 5) is 0.781. The van der Waals surface area contributed by atoms with Crippen molar-refractivity contribution in [1.82, 2.24) is 0 Å². The molecular weight excluding hydrogens is 398 g/mol. The summed E-state index contributed by atoms with van der Waals surface area (Å²) in [5.41, 5.74) is 0.796. The molecule has 2 rings (SSSR count). The lowest BCUT2D eigenvalue weighted by molar-refractivity contribution is 0.247. The van der Waals surface area contributed by atoms with Gasteiger partial charge in [0.25, 0.3) is 0 Å². The van der Waals surface area contributed by atoms with E-state index in [0.29, 0.717) is 6.42 Å². The number of hydrogen-bond acceptors (Lipinski definition) is 2. The maximum absolute atomic E-state index is 13.3. The lowest BCUT2D eigenvalue weighted by atomic mass is 9.77. The van der Waals surface area contributed by atoms with Gasteiger partial charge in [-0.05, 0) is 31.9 Å². The standard InChI is InChI=1S/C25H38ClNOS/c1-22-14-16-23(17-15-22)29(28)24(26)25(20-21-27)18-12-10-8-6-4-2-3-5-7-9-11-13-19-25/h14-17,24H,2-13,18-20H2,1H3. The molecule has 1 fully saturated rings. The Morgan fingerprint density at radius 1 is 0.897 bits per heavy atom. The van der Waals surface area contributed by atoms with Gasteiger partial charge in [-0.25, -0.2) is 0 Å². The molecule has 2 nitrogen and oxygen atoms in total. The Bertz CT molecular complexity index is 636. The molecule has 0 spiro atoms. The summed E-state index contributed by atoms with van der Waals surface area (Å²) >= 11 is 6.95. The first-order valence-electron chi connectivity index (χ1n) is 11.6. The van der Waals surface area contributed by atoms with Crippen molar-refractivity contribution in [2.45, 2.75) is 113 Å². The van der Waals surface area contributed by atoms with Crippen molar-refractivity contribution in [3.63, 3.8) is 0 Å². The number of halogens is 1. The van der Waals surface area contributed by atoms with Gasteiger partial charge in [0, 0.05) is 16.7 Å². The van der Waals surface area contributed by atoms with Crippen molar-refractivity contribution in [1.29, 1.82) is 5.26 Å². The SMILES string of the molecule is Cc1ccc(S(=O)C(Cl)C2(CC#N)CCCCCCCCCCCCCC2)cc1. The summed E-state index contributed by atoms with van der Waals surface area (Å²) in [5.74, 6) is 0. The molecule has 0 saturated heterocycles. The van der Waals surface area contributed by atoms with Crippen LogP contribution in [-0.4, -0.2) is 8.92 Å². The number of benzene rings is 1. The molecule has 162 valence electrons. The minimum absolute atomic E-state index is 0.355. The summed E-state index contributed by atoms with van der Waals surface area (Å²) in [7, 11) is -1.30. The third-order valence-corrected chi connectivity index (χ3v) is 9.01. The molecule has 1 aromatic carbocycles. The van der Waals surface area contributed by atoms with E-state index in [2.05, 4.69) is 6.07 Å². The predicted molar refractivity (Wildman–Crippen MR) is 125 cm³/mol. The van der Waals surface area contributed by atoms with Gasteiger partial charge in [0.15, 0.2) is 0 Å². The van der Waals surface area contributed by atoms with Crippen molar-refractivity contribution < 1.29 is 4.21 Å². The highest BCUT2D eigenvalue weighted by molar-refractivity contribution is 7.87. The summed E-state index contributed by atoms with van der Waals surface area (Å²) in [6.07, 6.45) is 17.3. The second kappa shape index (κ2) is 13.5. The van der Waals surface area contributed by atoms with E-state index in [1.165, 1.54) is 64.2 Å². The molecule has 1 saturated carbocycles. The maximum atomic E-state index is 13.3. The number of nitrogens with zero attached hydrogens (tertiary/aromatic N) is 1. The van der Waals surface area contributed by atoms with E-state index < -0.39 is 15.5 Å². The molecule has 0 amide bonds. The first-order chi connectivity index (χ1) is 14.1. The normalized spacial score (nSPS) is 21.8. The molecule has 0 aromatic heterocycles. The molecule has 29 heavy (non-hydrogen) atoms. The van der Waals surface area contributed by atoms with E-state index in [1.54, 1.807) is 0 Å². The van der Waals surface area contributed by atoms with Gasteiger partial charge >= 0.3 is 0 Å². The van der Waals surface area contributed by atoms with Crippen LogP contribution in [0.3, 0.4) is 0 Å². The van der Waals surface area contributed by atoms with Crippen LogP contribution in [0.1, 0.15) is 102 Å². The fourth-order valence-corrected chi connectivity index (χ4v) is 6.53. The smallest absolute Gasteiger partial charge is 0.120 e. The zero-order valence-corrected chi connectivity index (χ0v) is 19.7. The topological polar surface area (TPSA) is 40.9 Å². The van der Waals surface area contributed by atoms with Gasteiger partial charge in [-0.15, -0.1) is 11.6 Å². The second-order valence-electron chi connectivity index (χ2n) is 8.87. The van der Waals surface area contributed by atoms with Crippen molar-refractivity contribution >= 4 is 22.4 Å². The Hall–Kier alpha value is -0.850. The number of alkyl halides is 1. The summed E-state index contributed by atoms with van der Waals surface area (Å²) in [5, 5.41) is 9.62. The average molecular weight is 436 g/mol. The van der Waals surface area contributed by atoms with Gasteiger partial charge in [-0.2, -0.15) is 5.26 Å². The molecule has 0 bridgehead atoms. The molecule has 4 heteroatoms. The molecule has 2 unspecified atom stereocenters. The predicted octanol–water partition coefficient (Wildman–Crippen LogP) is 8.04. The Balaban J connectivity index is 2.15. The van der Waals surface area contributed by atoms with Crippen LogP contribution < -0.4 is 0 Å². The third kappa shape index (κ3) is 8.06. The number of nitriles is 1. The fraction of sp³-hybridized carbons (Fsp3) is 0.720. The van der Waals surface area contributed by atoms with E-state index in [9.17, 15) is 9.47 Å². The lowest BCUT2D eigenvalue weighted by Gasteiger charge is -2.36. The van der Waals surface area contributed by atoms with Crippen LogP contribution in [0, 0.1) is 23.7 Å². The fourth-order valence-electron chi connectivity index (χ4n) is 4.51. The summed E-state index contributed by atoms with van der Waals surface area (Å²) < 4.78 is 12.8. The average Bonchev–Trinajstić information content (AvgIpc) is 2.73. The highest BCUT2D eigenvalue weighted by atomic mass is 35.5. The Morgan fingerprint density at radius 3 is 1.72 bits per heavy atom. The van der Waals surface area contributed by atoms with E-state index in [-0.39, 0.29) is 5.41 Å². The minimum Gasteiger partial charge on any atom is -0.253 e. The van der Waals surface area contributed by atoms with Gasteiger partial charge in [0.05, 0.1) is 16.9 Å². The highest BCUT2D eigenvalue weighted by Gasteiger charge is 2.40. The van der Waals surface area contributed by atoms with E-state index in [4.69, 9.17) is 11.6 Å². The molecule has 0 radical (unpaired) electrons. The van der Waals surface area contributed by atoms with E-state index >= 15 is 0 Å². The van der Waals surface area contributed by atoms with E-state index in [0.717, 1.165) is 36.1 Å². The van der Waals surface area contributed by atoms with Gasteiger partial charge in [0.2, 0.25) is 0 Å². The van der Waals surface area contributed by atoms with Crippen LogP contribution in [-0.2, 0) is 10.8 Å². The lowest BCUT2D eigenvalue weighted by Crippen LogP contribution is -2.35. The van der Waals surface area contributed by atoms with E-state index in [1.807, 2.05) is 31.2 Å². The van der Waals surface area contributed by atoms with Gasteiger partial charge in [-0.1, -0.05) is 94.7 Å². The van der Waals surface area contributed by atoms with Crippen LogP contribution in [0.25, 0.3) is 0 Å². The first kappa shape index (κ1) is 24.4. The first-order valence-corrected chi connectivity index (χ1v) is 13.2. The van der Waals surface area contributed by atoms with Gasteiger partial charge < -0.3 is 0 Å². The maximum Gasteiger partial charge on any atom is 0.120 e. The van der Waals surface area contributed by atoms with Crippen LogP contribution in [0.15, 0.2) is 29.2 Å². The van der Waals surface area contributed by atoms with Crippen molar-refractivity contribution in [3.05, 3.63) is 29.8 Å². The zero-order valence-electron chi connectivity index (χ0n) is 18.1. The molecule has 1 aromatic rings. The number of rotatable bonds is 4. The molecule has 0 heterocycles. The summed E-state index contributed by atoms with van der Waals surface area (Å²) in [6, 6.07) is 10.2. The molecule has 1 aliphatic carbocycles. The van der Waals surface area contributed by atoms with Crippen molar-refractivity contribution in [3.8, 4) is 6.07 Å². The molecule has 0 aliphatic heterocycles. The molecular formula is C25H38ClNOS. The Morgan fingerprint density at radius 2 is 1.31 bits per heavy atom. The highest BCUT2D eigenvalue weighted by Crippen LogP contribution is 2.44. The van der Waals surface area contributed by atoms with Crippen molar-refractivity contribution in [2.75, 3.05) is 0 Å². The number of hydrogen-bond donors (Lipinski definition) is 0. The van der Waals surface area contributed by atoms with Gasteiger partial charge in [0.1, 0.15) is 4.71 Å². The minimum atomic E-state index is -1.30. The second-order valence-corrected chi connectivity index (χ2v) is 11.1. The van der Waals surface area contributed by atoms with Crippen LogP contribution >= 0.6 is 11.6 Å². The Kier molecular flexibility index (Phi) is 11.3. The van der Waals surface area contributed by atoms with Crippen molar-refractivity contribution in [2.24, 2.45) is 5.41 Å². The van der Waals surface area contributed by atoms with Crippen LogP contribution in [0.5, 0.6) is 0 Å². The zero-order chi connectivity index (χ0) is 21.0. The molecule has 2 atom stereocenters.